The van der Waals surface area contributed by atoms with E-state index in [4.69, 9.17) is 18.9 Å². The molecule has 35 heavy (non-hydrogen) atoms. The Morgan fingerprint density at radius 2 is 1.86 bits per heavy atom. The maximum atomic E-state index is 13.6. The summed E-state index contributed by atoms with van der Waals surface area (Å²) in [4.78, 5) is 40.1. The van der Waals surface area contributed by atoms with Gasteiger partial charge in [-0.05, 0) is 38.6 Å². The van der Waals surface area contributed by atoms with E-state index in [0.29, 0.717) is 5.56 Å². The van der Waals surface area contributed by atoms with Crippen molar-refractivity contribution < 1.29 is 51.6 Å². The molecular formula is C21H25F3N2O9. The molecule has 2 rings (SSSR count). The summed E-state index contributed by atoms with van der Waals surface area (Å²) in [5.41, 5.74) is 0.732. The maximum Gasteiger partial charge on any atom is 0.511 e. The molecule has 1 aliphatic heterocycles. The number of alkyl halides is 3. The average molecular weight is 506 g/mol. The molecule has 0 aliphatic carbocycles. The molecule has 2 atom stereocenters. The highest BCUT2D eigenvalue weighted by molar-refractivity contribution is 5.96. The molecule has 0 aromatic heterocycles. The van der Waals surface area contributed by atoms with Crippen molar-refractivity contribution in [3.63, 3.8) is 0 Å². The Balaban J connectivity index is 1.94. The number of hydrogen-bond donors (Lipinski definition) is 0. The number of carbonyl (C=O) groups excluding carboxylic acids is 2. The molecule has 1 aliphatic rings. The van der Waals surface area contributed by atoms with E-state index in [1.165, 1.54) is 0 Å². The van der Waals surface area contributed by atoms with Crippen molar-refractivity contribution in [3.05, 3.63) is 44.5 Å². The number of fused-ring (bicyclic) bond motifs is 1. The molecule has 0 N–H and O–H groups in total. The van der Waals surface area contributed by atoms with Gasteiger partial charge in [0.05, 0.1) is 5.57 Å². The molecule has 14 heteroatoms. The van der Waals surface area contributed by atoms with Gasteiger partial charge in [0.25, 0.3) is 5.09 Å². The molecule has 0 saturated carbocycles. The summed E-state index contributed by atoms with van der Waals surface area (Å²) in [6.45, 7) is 4.50. The topological polar surface area (TPSA) is 127 Å². The summed E-state index contributed by atoms with van der Waals surface area (Å²) in [5, 5.41) is 9.16. The summed E-state index contributed by atoms with van der Waals surface area (Å²) < 4.78 is 60.3. The highest BCUT2D eigenvalue weighted by Crippen LogP contribution is 2.39. The first-order chi connectivity index (χ1) is 16.3. The monoisotopic (exact) mass is 506 g/mol. The quantitative estimate of drug-likeness (QED) is 0.202. The number of aryl methyl sites for hydroxylation is 2. The Morgan fingerprint density at radius 1 is 1.20 bits per heavy atom. The summed E-state index contributed by atoms with van der Waals surface area (Å²) in [6, 6.07) is 3.23. The van der Waals surface area contributed by atoms with Crippen molar-refractivity contribution in [2.75, 3.05) is 33.4 Å². The van der Waals surface area contributed by atoms with Crippen LogP contribution in [0.15, 0.2) is 17.7 Å². The van der Waals surface area contributed by atoms with Crippen LogP contribution < -0.4 is 4.74 Å². The third-order valence-electron chi connectivity index (χ3n) is 4.71. The van der Waals surface area contributed by atoms with Crippen LogP contribution in [-0.4, -0.2) is 74.0 Å². The molecule has 0 radical (unpaired) electrons. The minimum absolute atomic E-state index is 0.0114. The highest BCUT2D eigenvalue weighted by Gasteiger charge is 2.49. The zero-order chi connectivity index (χ0) is 26.3. The molecule has 1 aromatic rings. The zero-order valence-corrected chi connectivity index (χ0v) is 19.4. The minimum Gasteiger partial charge on any atom is -0.475 e. The first-order valence-electron chi connectivity index (χ1n) is 10.3. The number of ether oxygens (including phenoxy) is 4. The van der Waals surface area contributed by atoms with Crippen LogP contribution >= 0.6 is 0 Å². The molecule has 0 saturated heterocycles. The average Bonchev–Trinajstić information content (AvgIpc) is 2.71. The molecular weight excluding hydrogens is 481 g/mol. The van der Waals surface area contributed by atoms with Gasteiger partial charge in [-0.1, -0.05) is 11.6 Å². The largest absolute Gasteiger partial charge is 0.511 e. The van der Waals surface area contributed by atoms with Crippen LogP contribution in [0.5, 0.6) is 5.75 Å². The van der Waals surface area contributed by atoms with Crippen molar-refractivity contribution >= 4 is 18.2 Å². The van der Waals surface area contributed by atoms with Crippen molar-refractivity contribution in [3.8, 4) is 5.75 Å². The lowest BCUT2D eigenvalue weighted by molar-refractivity contribution is -0.757. The van der Waals surface area contributed by atoms with E-state index < -0.39 is 41.4 Å². The van der Waals surface area contributed by atoms with E-state index >= 15 is 0 Å². The molecule has 0 amide bonds. The first-order valence-corrected chi connectivity index (χ1v) is 10.3. The Morgan fingerprint density at radius 3 is 2.49 bits per heavy atom. The van der Waals surface area contributed by atoms with Gasteiger partial charge in [-0.15, -0.1) is 10.1 Å². The summed E-state index contributed by atoms with van der Waals surface area (Å²) in [7, 11) is 1.60. The maximum absolute atomic E-state index is 13.6. The van der Waals surface area contributed by atoms with Gasteiger partial charge in [-0.2, -0.15) is 13.2 Å². The molecule has 0 spiro atoms. The van der Waals surface area contributed by atoms with Gasteiger partial charge in [0, 0.05) is 25.6 Å². The number of nitrogens with zero attached hydrogens (tertiary/aromatic N) is 2. The molecule has 1 unspecified atom stereocenters. The van der Waals surface area contributed by atoms with E-state index in [9.17, 15) is 32.9 Å². The predicted octanol–water partition coefficient (Wildman–Crippen LogP) is 3.19. The number of benzene rings is 1. The predicted molar refractivity (Wildman–Crippen MR) is 113 cm³/mol. The lowest BCUT2D eigenvalue weighted by atomic mass is 9.97. The number of carbonyl (C=O) groups is 2. The lowest BCUT2D eigenvalue weighted by Gasteiger charge is -2.29. The third kappa shape index (κ3) is 8.31. The molecule has 11 nitrogen and oxygen atoms in total. The Kier molecular flexibility index (Phi) is 9.28. The highest BCUT2D eigenvalue weighted by atomic mass is 19.4. The zero-order valence-electron chi connectivity index (χ0n) is 19.4. The fourth-order valence-electron chi connectivity index (χ4n) is 3.17. The first kappa shape index (κ1) is 27.7. The second kappa shape index (κ2) is 11.7. The molecule has 194 valence electrons. The van der Waals surface area contributed by atoms with Crippen LogP contribution in [0.4, 0.5) is 18.0 Å². The third-order valence-corrected chi connectivity index (χ3v) is 4.71. The number of likely N-dealkylation sites (N-methyl/N-ethyl adjacent to an activating group) is 1. The van der Waals surface area contributed by atoms with Crippen LogP contribution in [-0.2, 0) is 23.8 Å². The molecule has 1 heterocycles. The van der Waals surface area contributed by atoms with Gasteiger partial charge in [-0.25, -0.2) is 9.59 Å². The molecule has 0 fully saturated rings. The fourth-order valence-corrected chi connectivity index (χ4v) is 3.17. The van der Waals surface area contributed by atoms with Crippen molar-refractivity contribution in [2.24, 2.45) is 0 Å². The van der Waals surface area contributed by atoms with E-state index in [0.717, 1.165) is 18.6 Å². The van der Waals surface area contributed by atoms with Gasteiger partial charge in [0.15, 0.2) is 0 Å². The van der Waals surface area contributed by atoms with Gasteiger partial charge < -0.3 is 28.7 Å². The van der Waals surface area contributed by atoms with Crippen LogP contribution in [0.1, 0.15) is 23.6 Å². The normalized spacial score (nSPS) is 15.9. The van der Waals surface area contributed by atoms with E-state index in [1.807, 2.05) is 0 Å². The second-order valence-corrected chi connectivity index (χ2v) is 7.69. The van der Waals surface area contributed by atoms with Crippen LogP contribution in [0.2, 0.25) is 0 Å². The Labute approximate surface area is 198 Å². The minimum atomic E-state index is -4.90. The Hall–Kier alpha value is -3.55. The van der Waals surface area contributed by atoms with Crippen LogP contribution in [0.25, 0.3) is 6.08 Å². The van der Waals surface area contributed by atoms with Crippen molar-refractivity contribution in [1.29, 1.82) is 0 Å². The van der Waals surface area contributed by atoms with Crippen molar-refractivity contribution in [2.45, 2.75) is 39.3 Å². The van der Waals surface area contributed by atoms with Gasteiger partial charge >= 0.3 is 18.3 Å². The summed E-state index contributed by atoms with van der Waals surface area (Å²) >= 11 is 0. The van der Waals surface area contributed by atoms with Gasteiger partial charge in [0.2, 0.25) is 12.4 Å². The standard InChI is InChI=1S/C21H25F3N2O9/c1-12-9-13(2)17-15(10-12)11-16(18(35-17)21(22,23)24)19(27)33-14(3)34-20(28)31-7-5-25(4)6-8-32-26(29)30/h9-11,14,18H,5-8H2,1-4H3/t14?,18-/m0/s1. The summed E-state index contributed by atoms with van der Waals surface area (Å²) in [6.07, 6.45) is -9.20. The van der Waals surface area contributed by atoms with E-state index in [2.05, 4.69) is 4.84 Å². The number of esters is 1. The Bertz CT molecular complexity index is 982. The van der Waals surface area contributed by atoms with Gasteiger partial charge in [-0.3, -0.25) is 0 Å². The molecule has 0 bridgehead atoms. The van der Waals surface area contributed by atoms with Gasteiger partial charge in [0.1, 0.15) is 19.0 Å². The van der Waals surface area contributed by atoms with Crippen LogP contribution in [0.3, 0.4) is 0 Å². The lowest BCUT2D eigenvalue weighted by Crippen LogP contribution is -2.41. The molecule has 1 aromatic carbocycles. The number of halogens is 3. The SMILES string of the molecule is Cc1cc(C)c2c(c1)C=C(C(=O)OC(C)OC(=O)OCCN(C)CCO[N+](=O)[O-])[C@@H](C(F)(F)F)O2. The van der Waals surface area contributed by atoms with E-state index in [-0.39, 0.29) is 37.6 Å². The second-order valence-electron chi connectivity index (χ2n) is 7.69. The van der Waals surface area contributed by atoms with Crippen molar-refractivity contribution in [1.82, 2.24) is 4.90 Å². The fraction of sp³-hybridized carbons (Fsp3) is 0.524. The smallest absolute Gasteiger partial charge is 0.475 e. The number of hydrogen-bond acceptors (Lipinski definition) is 10. The van der Waals surface area contributed by atoms with Crippen LogP contribution in [0, 0.1) is 24.0 Å². The van der Waals surface area contributed by atoms with E-state index in [1.54, 1.807) is 37.9 Å². The number of rotatable bonds is 10. The summed E-state index contributed by atoms with van der Waals surface area (Å²) in [5.74, 6) is -1.36.